The topological polar surface area (TPSA) is 38.0 Å². The zero-order chi connectivity index (χ0) is 9.14. The number of halogens is 3. The molecule has 0 aliphatic rings. The number of nitrogen functional groups attached to an aromatic ring is 1. The molecule has 1 aromatic carbocycles. The van der Waals surface area contributed by atoms with Gasteiger partial charge in [-0.3, -0.25) is 5.84 Å². The first-order valence-corrected chi connectivity index (χ1v) is 3.98. The Labute approximate surface area is 76.9 Å². The third-order valence-electron chi connectivity index (χ3n) is 1.40. The van der Waals surface area contributed by atoms with Gasteiger partial charge in [0.15, 0.2) is 0 Å². The third-order valence-corrected chi connectivity index (χ3v) is 1.90. The number of nitrogens with one attached hydrogen (secondary N) is 1. The second kappa shape index (κ2) is 3.82. The Morgan fingerprint density at radius 3 is 2.58 bits per heavy atom. The molecular weight excluding hydrogens is 230 g/mol. The molecule has 0 aromatic heterocycles. The van der Waals surface area contributed by atoms with E-state index >= 15 is 0 Å². The van der Waals surface area contributed by atoms with E-state index in [0.29, 0.717) is 4.47 Å². The van der Waals surface area contributed by atoms with E-state index in [1.807, 2.05) is 0 Å². The standard InChI is InChI=1S/C7H7BrF2N2/c8-4-1-2-6(12-11)5(3-4)7(9)10/h1-3,7,12H,11H2. The molecule has 0 unspecified atom stereocenters. The Morgan fingerprint density at radius 2 is 2.08 bits per heavy atom. The molecule has 1 aromatic rings. The molecule has 0 amide bonds. The second-order valence-corrected chi connectivity index (χ2v) is 3.09. The van der Waals surface area contributed by atoms with Gasteiger partial charge in [-0.15, -0.1) is 0 Å². The van der Waals surface area contributed by atoms with Crippen molar-refractivity contribution in [1.29, 1.82) is 0 Å². The molecule has 1 rings (SSSR count). The number of alkyl halides is 2. The maximum atomic E-state index is 12.3. The van der Waals surface area contributed by atoms with E-state index in [1.165, 1.54) is 12.1 Å². The van der Waals surface area contributed by atoms with Crippen LogP contribution in [0.4, 0.5) is 14.5 Å². The van der Waals surface area contributed by atoms with E-state index in [9.17, 15) is 8.78 Å². The largest absolute Gasteiger partial charge is 0.324 e. The van der Waals surface area contributed by atoms with Crippen molar-refractivity contribution in [2.75, 3.05) is 5.43 Å². The van der Waals surface area contributed by atoms with Crippen molar-refractivity contribution in [3.63, 3.8) is 0 Å². The summed E-state index contributed by atoms with van der Waals surface area (Å²) in [6.45, 7) is 0. The van der Waals surface area contributed by atoms with Gasteiger partial charge >= 0.3 is 0 Å². The number of nitrogens with two attached hydrogens (primary N) is 1. The molecule has 2 nitrogen and oxygen atoms in total. The molecule has 0 aliphatic carbocycles. The average molecular weight is 237 g/mol. The predicted octanol–water partition coefficient (Wildman–Crippen LogP) is 2.67. The average Bonchev–Trinajstić information content (AvgIpc) is 2.04. The van der Waals surface area contributed by atoms with E-state index in [4.69, 9.17) is 5.84 Å². The molecule has 0 heterocycles. The minimum absolute atomic E-state index is 0.105. The number of benzene rings is 1. The molecule has 0 spiro atoms. The molecular formula is C7H7BrF2N2. The van der Waals surface area contributed by atoms with Crippen molar-refractivity contribution >= 4 is 21.6 Å². The van der Waals surface area contributed by atoms with E-state index in [2.05, 4.69) is 21.4 Å². The summed E-state index contributed by atoms with van der Waals surface area (Å²) in [5, 5.41) is 0. The molecule has 0 saturated carbocycles. The van der Waals surface area contributed by atoms with Crippen molar-refractivity contribution in [3.8, 4) is 0 Å². The van der Waals surface area contributed by atoms with Gasteiger partial charge in [-0.2, -0.15) is 0 Å². The predicted molar refractivity (Wildman–Crippen MR) is 46.9 cm³/mol. The lowest BCUT2D eigenvalue weighted by Gasteiger charge is -2.07. The molecule has 0 aliphatic heterocycles. The van der Waals surface area contributed by atoms with E-state index in [1.54, 1.807) is 6.07 Å². The van der Waals surface area contributed by atoms with E-state index in [-0.39, 0.29) is 11.3 Å². The van der Waals surface area contributed by atoms with E-state index < -0.39 is 6.43 Å². The normalized spacial score (nSPS) is 10.4. The maximum Gasteiger partial charge on any atom is 0.265 e. The van der Waals surface area contributed by atoms with Crippen molar-refractivity contribution in [2.24, 2.45) is 5.84 Å². The fraction of sp³-hybridized carbons (Fsp3) is 0.143. The summed E-state index contributed by atoms with van der Waals surface area (Å²) in [5.41, 5.74) is 2.34. The van der Waals surface area contributed by atoms with Gasteiger partial charge in [0.1, 0.15) is 0 Å². The summed E-state index contributed by atoms with van der Waals surface area (Å²) in [7, 11) is 0. The SMILES string of the molecule is NNc1ccc(Br)cc1C(F)F. The molecule has 0 bridgehead atoms. The molecule has 0 fully saturated rings. The van der Waals surface area contributed by atoms with Gasteiger partial charge in [-0.1, -0.05) is 15.9 Å². The number of hydrogen-bond acceptors (Lipinski definition) is 2. The molecule has 12 heavy (non-hydrogen) atoms. The highest BCUT2D eigenvalue weighted by molar-refractivity contribution is 9.10. The van der Waals surface area contributed by atoms with Crippen molar-refractivity contribution in [3.05, 3.63) is 28.2 Å². The summed E-state index contributed by atoms with van der Waals surface area (Å²) in [6, 6.07) is 4.46. The zero-order valence-corrected chi connectivity index (χ0v) is 7.61. The third kappa shape index (κ3) is 1.92. The van der Waals surface area contributed by atoms with Crippen LogP contribution < -0.4 is 11.3 Å². The van der Waals surface area contributed by atoms with Crippen molar-refractivity contribution < 1.29 is 8.78 Å². The lowest BCUT2D eigenvalue weighted by atomic mass is 10.2. The van der Waals surface area contributed by atoms with Crippen LogP contribution in [0.15, 0.2) is 22.7 Å². The first kappa shape index (κ1) is 9.41. The summed E-state index contributed by atoms with van der Waals surface area (Å²) < 4.78 is 25.2. The summed E-state index contributed by atoms with van der Waals surface area (Å²) in [6.07, 6.45) is -2.52. The fourth-order valence-corrected chi connectivity index (χ4v) is 1.22. The second-order valence-electron chi connectivity index (χ2n) is 2.18. The van der Waals surface area contributed by atoms with Crippen LogP contribution in [-0.2, 0) is 0 Å². The van der Waals surface area contributed by atoms with Crippen LogP contribution in [0.5, 0.6) is 0 Å². The molecule has 0 saturated heterocycles. The first-order valence-electron chi connectivity index (χ1n) is 3.19. The van der Waals surface area contributed by atoms with Crippen LogP contribution in [0, 0.1) is 0 Å². The molecule has 5 heteroatoms. The van der Waals surface area contributed by atoms with Crippen LogP contribution in [0.3, 0.4) is 0 Å². The highest BCUT2D eigenvalue weighted by Gasteiger charge is 2.12. The fourth-order valence-electron chi connectivity index (χ4n) is 0.846. The smallest absolute Gasteiger partial charge is 0.265 e. The minimum atomic E-state index is -2.52. The van der Waals surface area contributed by atoms with E-state index in [0.717, 1.165) is 0 Å². The highest BCUT2D eigenvalue weighted by atomic mass is 79.9. The summed E-state index contributed by atoms with van der Waals surface area (Å²) in [5.74, 6) is 5.04. The lowest BCUT2D eigenvalue weighted by Crippen LogP contribution is -2.09. The number of rotatable bonds is 2. The lowest BCUT2D eigenvalue weighted by molar-refractivity contribution is 0.152. The van der Waals surface area contributed by atoms with Crippen LogP contribution in [0.2, 0.25) is 0 Å². The molecule has 0 atom stereocenters. The maximum absolute atomic E-state index is 12.3. The number of hydrazine groups is 1. The van der Waals surface area contributed by atoms with Gasteiger partial charge in [0.05, 0.1) is 5.69 Å². The van der Waals surface area contributed by atoms with Crippen LogP contribution in [-0.4, -0.2) is 0 Å². The first-order chi connectivity index (χ1) is 5.65. The molecule has 66 valence electrons. The van der Waals surface area contributed by atoms with Crippen molar-refractivity contribution in [2.45, 2.75) is 6.43 Å². The summed E-state index contributed by atoms with van der Waals surface area (Å²) in [4.78, 5) is 0. The number of hydrogen-bond donors (Lipinski definition) is 2. The minimum Gasteiger partial charge on any atom is -0.324 e. The highest BCUT2D eigenvalue weighted by Crippen LogP contribution is 2.29. The Balaban J connectivity index is 3.12. The Kier molecular flexibility index (Phi) is 2.99. The van der Waals surface area contributed by atoms with Crippen LogP contribution >= 0.6 is 15.9 Å². The van der Waals surface area contributed by atoms with Crippen molar-refractivity contribution in [1.82, 2.24) is 0 Å². The Bertz CT molecular complexity index is 278. The van der Waals surface area contributed by atoms with Gasteiger partial charge in [0.25, 0.3) is 6.43 Å². The zero-order valence-electron chi connectivity index (χ0n) is 6.02. The Hall–Kier alpha value is -0.680. The van der Waals surface area contributed by atoms with Gasteiger partial charge in [0.2, 0.25) is 0 Å². The quantitative estimate of drug-likeness (QED) is 0.613. The number of anilines is 1. The molecule has 3 N–H and O–H groups in total. The molecule has 0 radical (unpaired) electrons. The van der Waals surface area contributed by atoms with Gasteiger partial charge in [-0.25, -0.2) is 8.78 Å². The van der Waals surface area contributed by atoms with Gasteiger partial charge in [0, 0.05) is 10.0 Å². The summed E-state index contributed by atoms with van der Waals surface area (Å²) >= 11 is 3.09. The van der Waals surface area contributed by atoms with Crippen LogP contribution in [0.1, 0.15) is 12.0 Å². The Morgan fingerprint density at radius 1 is 1.42 bits per heavy atom. The van der Waals surface area contributed by atoms with Gasteiger partial charge < -0.3 is 5.43 Å². The monoisotopic (exact) mass is 236 g/mol. The van der Waals surface area contributed by atoms with Gasteiger partial charge in [-0.05, 0) is 18.2 Å². The van der Waals surface area contributed by atoms with Crippen LogP contribution in [0.25, 0.3) is 0 Å².